The van der Waals surface area contributed by atoms with Gasteiger partial charge in [0.05, 0.1) is 17.3 Å². The Kier molecular flexibility index (Phi) is 3.82. The molecule has 0 unspecified atom stereocenters. The lowest BCUT2D eigenvalue weighted by Crippen LogP contribution is -2.16. The van der Waals surface area contributed by atoms with Gasteiger partial charge >= 0.3 is 0 Å². The van der Waals surface area contributed by atoms with E-state index >= 15 is 0 Å². The summed E-state index contributed by atoms with van der Waals surface area (Å²) in [4.78, 5) is 0. The number of anilines is 1. The lowest BCUT2D eigenvalue weighted by atomic mass is 10.0. The number of nitrogens with two attached hydrogens (primary N) is 1. The molecule has 1 heterocycles. The Bertz CT molecular complexity index is 638. The molecule has 1 fully saturated rings. The lowest BCUT2D eigenvalue weighted by Gasteiger charge is -2.15. The van der Waals surface area contributed by atoms with Crippen LogP contribution in [0.5, 0.6) is 0 Å². The monoisotopic (exact) mass is 307 g/mol. The third kappa shape index (κ3) is 3.01. The Morgan fingerprint density at radius 1 is 1.43 bits per heavy atom. The number of benzene rings is 1. The van der Waals surface area contributed by atoms with Gasteiger partial charge in [-0.1, -0.05) is 11.6 Å². The molecule has 1 aliphatic rings. The van der Waals surface area contributed by atoms with Crippen LogP contribution >= 0.6 is 11.6 Å². The first-order valence-corrected chi connectivity index (χ1v) is 7.32. The van der Waals surface area contributed by atoms with Crippen LogP contribution in [-0.2, 0) is 11.3 Å². The maximum atomic E-state index is 6.08. The van der Waals surface area contributed by atoms with Crippen LogP contribution in [0.15, 0.2) is 18.2 Å². The molecule has 0 aliphatic heterocycles. The van der Waals surface area contributed by atoms with E-state index in [0.717, 1.165) is 31.0 Å². The number of halogens is 1. The van der Waals surface area contributed by atoms with Gasteiger partial charge in [-0.15, -0.1) is 5.10 Å². The summed E-state index contributed by atoms with van der Waals surface area (Å²) in [6.45, 7) is 1.58. The average molecular weight is 308 g/mol. The van der Waals surface area contributed by atoms with E-state index in [1.165, 1.54) is 12.8 Å². The summed E-state index contributed by atoms with van der Waals surface area (Å²) in [6.07, 6.45) is 3.42. The quantitative estimate of drug-likeness (QED) is 0.829. The van der Waals surface area contributed by atoms with E-state index in [2.05, 4.69) is 15.5 Å². The van der Waals surface area contributed by atoms with Gasteiger partial charge in [0.25, 0.3) is 0 Å². The number of aromatic nitrogens is 4. The summed E-state index contributed by atoms with van der Waals surface area (Å²) in [5.74, 6) is 0.723. The molecule has 2 aromatic rings. The molecule has 21 heavy (non-hydrogen) atoms. The molecule has 0 bridgehead atoms. The predicted octanol–water partition coefficient (Wildman–Crippen LogP) is 2.39. The Morgan fingerprint density at radius 3 is 2.90 bits per heavy atom. The first kappa shape index (κ1) is 14.3. The van der Waals surface area contributed by atoms with E-state index < -0.39 is 0 Å². The second kappa shape index (κ2) is 5.61. The van der Waals surface area contributed by atoms with Crippen LogP contribution in [-0.4, -0.2) is 33.9 Å². The second-order valence-electron chi connectivity index (χ2n) is 5.64. The second-order valence-corrected chi connectivity index (χ2v) is 6.05. The predicted molar refractivity (Wildman–Crippen MR) is 80.8 cm³/mol. The smallest absolute Gasteiger partial charge is 0.182 e. The van der Waals surface area contributed by atoms with Crippen molar-refractivity contribution in [2.45, 2.75) is 25.8 Å². The molecule has 1 aliphatic carbocycles. The first-order chi connectivity index (χ1) is 10.1. The topological polar surface area (TPSA) is 78.8 Å². The van der Waals surface area contributed by atoms with Crippen LogP contribution in [0.4, 0.5) is 5.69 Å². The normalized spacial score (nSPS) is 16.1. The van der Waals surface area contributed by atoms with Crippen molar-refractivity contribution < 1.29 is 4.74 Å². The SMILES string of the molecule is COCCC1(Cn2nnnc2-c2ccc(N)c(Cl)c2)CC1. The fraction of sp³-hybridized carbons (Fsp3) is 0.500. The van der Waals surface area contributed by atoms with Gasteiger partial charge in [-0.25, -0.2) is 4.68 Å². The van der Waals surface area contributed by atoms with E-state index in [0.29, 0.717) is 10.7 Å². The van der Waals surface area contributed by atoms with Crippen molar-refractivity contribution in [2.75, 3.05) is 19.5 Å². The summed E-state index contributed by atoms with van der Waals surface area (Å²) in [5.41, 5.74) is 7.45. The minimum Gasteiger partial charge on any atom is -0.398 e. The van der Waals surface area contributed by atoms with E-state index in [4.69, 9.17) is 22.1 Å². The number of tetrazole rings is 1. The van der Waals surface area contributed by atoms with Crippen molar-refractivity contribution in [1.82, 2.24) is 20.2 Å². The number of ether oxygens (including phenoxy) is 1. The zero-order valence-corrected chi connectivity index (χ0v) is 12.7. The molecule has 1 aromatic heterocycles. The van der Waals surface area contributed by atoms with Crippen molar-refractivity contribution in [3.05, 3.63) is 23.2 Å². The molecule has 1 saturated carbocycles. The minimum absolute atomic E-state index is 0.276. The minimum atomic E-state index is 0.276. The van der Waals surface area contributed by atoms with E-state index in [-0.39, 0.29) is 5.41 Å². The number of nitrogen functional groups attached to an aromatic ring is 1. The van der Waals surface area contributed by atoms with Crippen LogP contribution < -0.4 is 5.73 Å². The number of rotatable bonds is 6. The largest absolute Gasteiger partial charge is 0.398 e. The van der Waals surface area contributed by atoms with Gasteiger partial charge in [-0.3, -0.25) is 0 Å². The summed E-state index contributed by atoms with van der Waals surface area (Å²) < 4.78 is 7.04. The highest BCUT2D eigenvalue weighted by molar-refractivity contribution is 6.33. The molecular formula is C14H18ClN5O. The highest BCUT2D eigenvalue weighted by atomic mass is 35.5. The first-order valence-electron chi connectivity index (χ1n) is 6.94. The molecule has 2 N–H and O–H groups in total. The van der Waals surface area contributed by atoms with Crippen molar-refractivity contribution in [1.29, 1.82) is 0 Å². The van der Waals surface area contributed by atoms with Gasteiger partial charge in [0.2, 0.25) is 0 Å². The molecule has 0 amide bonds. The molecule has 3 rings (SSSR count). The molecule has 6 nitrogen and oxygen atoms in total. The summed E-state index contributed by atoms with van der Waals surface area (Å²) in [5, 5.41) is 12.6. The number of methoxy groups -OCH3 is 1. The number of hydrogen-bond acceptors (Lipinski definition) is 5. The van der Waals surface area contributed by atoms with Gasteiger partial charge in [0.15, 0.2) is 5.82 Å². The van der Waals surface area contributed by atoms with Crippen LogP contribution in [0.3, 0.4) is 0 Å². The molecular weight excluding hydrogens is 290 g/mol. The molecule has 0 spiro atoms. The van der Waals surface area contributed by atoms with Crippen molar-refractivity contribution in [2.24, 2.45) is 5.41 Å². The Hall–Kier alpha value is -1.66. The third-order valence-electron chi connectivity index (χ3n) is 4.07. The number of hydrogen-bond donors (Lipinski definition) is 1. The molecule has 0 radical (unpaired) electrons. The van der Waals surface area contributed by atoms with Crippen molar-refractivity contribution >= 4 is 17.3 Å². The zero-order valence-electron chi connectivity index (χ0n) is 11.9. The zero-order chi connectivity index (χ0) is 14.9. The van der Waals surface area contributed by atoms with Gasteiger partial charge < -0.3 is 10.5 Å². The highest BCUT2D eigenvalue weighted by Gasteiger charge is 2.43. The molecule has 7 heteroatoms. The van der Waals surface area contributed by atoms with Crippen LogP contribution in [0, 0.1) is 5.41 Å². The van der Waals surface area contributed by atoms with E-state index in [9.17, 15) is 0 Å². The van der Waals surface area contributed by atoms with Gasteiger partial charge in [-0.2, -0.15) is 0 Å². The third-order valence-corrected chi connectivity index (χ3v) is 4.40. The number of nitrogens with zero attached hydrogens (tertiary/aromatic N) is 4. The van der Waals surface area contributed by atoms with E-state index in [1.807, 2.05) is 10.7 Å². The molecule has 0 atom stereocenters. The Balaban J connectivity index is 1.82. The molecule has 0 saturated heterocycles. The molecule has 1 aromatic carbocycles. The summed E-state index contributed by atoms with van der Waals surface area (Å²) in [6, 6.07) is 5.46. The summed E-state index contributed by atoms with van der Waals surface area (Å²) >= 11 is 6.08. The lowest BCUT2D eigenvalue weighted by molar-refractivity contribution is 0.165. The fourth-order valence-electron chi connectivity index (χ4n) is 2.48. The van der Waals surface area contributed by atoms with Crippen LogP contribution in [0.1, 0.15) is 19.3 Å². The van der Waals surface area contributed by atoms with Crippen molar-refractivity contribution in [3.63, 3.8) is 0 Å². The van der Waals surface area contributed by atoms with Gasteiger partial charge in [0, 0.05) is 19.3 Å². The van der Waals surface area contributed by atoms with E-state index in [1.54, 1.807) is 19.2 Å². The molecule has 112 valence electrons. The maximum absolute atomic E-state index is 6.08. The maximum Gasteiger partial charge on any atom is 0.182 e. The van der Waals surface area contributed by atoms with Crippen molar-refractivity contribution in [3.8, 4) is 11.4 Å². The Labute approximate surface area is 128 Å². The standard InChI is InChI=1S/C14H18ClN5O/c1-21-7-6-14(4-5-14)9-20-13(17-18-19-20)10-2-3-12(16)11(15)8-10/h2-3,8H,4-7,9,16H2,1H3. The summed E-state index contributed by atoms with van der Waals surface area (Å²) in [7, 11) is 1.73. The average Bonchev–Trinajstić information content (AvgIpc) is 3.08. The van der Waals surface area contributed by atoms with Gasteiger partial charge in [0.1, 0.15) is 0 Å². The Morgan fingerprint density at radius 2 is 2.24 bits per heavy atom. The van der Waals surface area contributed by atoms with Crippen LogP contribution in [0.2, 0.25) is 5.02 Å². The van der Waals surface area contributed by atoms with Crippen LogP contribution in [0.25, 0.3) is 11.4 Å². The highest BCUT2D eigenvalue weighted by Crippen LogP contribution is 2.50. The fourth-order valence-corrected chi connectivity index (χ4v) is 2.66. The van der Waals surface area contributed by atoms with Gasteiger partial charge in [-0.05, 0) is 53.3 Å².